The van der Waals surface area contributed by atoms with Crippen molar-refractivity contribution in [1.82, 2.24) is 4.90 Å². The van der Waals surface area contributed by atoms with Crippen molar-refractivity contribution in [3.8, 4) is 0 Å². The zero-order valence-corrected chi connectivity index (χ0v) is 13.1. The van der Waals surface area contributed by atoms with E-state index in [4.69, 9.17) is 9.84 Å². The molecule has 0 atom stereocenters. The van der Waals surface area contributed by atoms with Crippen LogP contribution in [0.25, 0.3) is 0 Å². The number of carbonyl (C=O) groups excluding carboxylic acids is 1. The van der Waals surface area contributed by atoms with Gasteiger partial charge in [-0.15, -0.1) is 0 Å². The maximum Gasteiger partial charge on any atom is 0.471 e. The van der Waals surface area contributed by atoms with Crippen molar-refractivity contribution in [3.63, 3.8) is 0 Å². The number of carboxylic acids is 1. The summed E-state index contributed by atoms with van der Waals surface area (Å²) >= 11 is 0. The smallest absolute Gasteiger partial charge is 0.471 e. The molecule has 1 aliphatic rings. The van der Waals surface area contributed by atoms with Gasteiger partial charge in [-0.25, -0.2) is 9.18 Å². The Morgan fingerprint density at radius 1 is 1.24 bits per heavy atom. The molecule has 1 aliphatic heterocycles. The lowest BCUT2D eigenvalue weighted by atomic mass is 10.1. The number of aromatic carboxylic acids is 1. The second kappa shape index (κ2) is 7.79. The third-order valence-electron chi connectivity index (χ3n) is 3.72. The summed E-state index contributed by atoms with van der Waals surface area (Å²) in [5, 5.41) is 8.81. The lowest BCUT2D eigenvalue weighted by molar-refractivity contribution is -0.170. The number of hydrogen-bond donors (Lipinski definition) is 1. The molecule has 1 heterocycles. The zero-order chi connectivity index (χ0) is 18.6. The second-order valence-electron chi connectivity index (χ2n) is 5.38. The van der Waals surface area contributed by atoms with Crippen LogP contribution in [-0.4, -0.2) is 67.5 Å². The van der Waals surface area contributed by atoms with Crippen molar-refractivity contribution in [3.05, 3.63) is 29.6 Å². The monoisotopic (exact) mass is 364 g/mol. The molecule has 0 radical (unpaired) electrons. The van der Waals surface area contributed by atoms with Gasteiger partial charge < -0.3 is 14.7 Å². The van der Waals surface area contributed by atoms with Gasteiger partial charge in [-0.1, -0.05) is 0 Å². The van der Waals surface area contributed by atoms with Crippen molar-refractivity contribution in [2.24, 2.45) is 0 Å². The van der Waals surface area contributed by atoms with Crippen molar-refractivity contribution >= 4 is 17.6 Å². The summed E-state index contributed by atoms with van der Waals surface area (Å²) in [4.78, 5) is 24.6. The topological polar surface area (TPSA) is 70.1 Å². The molecule has 1 N–H and O–H groups in total. The molecule has 0 aromatic heterocycles. The number of benzene rings is 1. The van der Waals surface area contributed by atoms with Gasteiger partial charge in [0.25, 0.3) is 0 Å². The Bertz CT molecular complexity index is 645. The van der Waals surface area contributed by atoms with Crippen LogP contribution >= 0.6 is 0 Å². The van der Waals surface area contributed by atoms with Crippen LogP contribution < -0.4 is 4.90 Å². The van der Waals surface area contributed by atoms with E-state index in [0.29, 0.717) is 32.4 Å². The largest absolute Gasteiger partial charge is 0.478 e. The fourth-order valence-electron chi connectivity index (χ4n) is 2.41. The Morgan fingerprint density at radius 2 is 1.88 bits per heavy atom. The van der Waals surface area contributed by atoms with Crippen molar-refractivity contribution in [2.45, 2.75) is 6.18 Å². The molecule has 1 aromatic carbocycles. The number of hydrogen-bond acceptors (Lipinski definition) is 4. The molecule has 1 saturated heterocycles. The molecule has 0 saturated carbocycles. The molecule has 6 nitrogen and oxygen atoms in total. The number of amides is 1. The van der Waals surface area contributed by atoms with Gasteiger partial charge in [-0.05, 0) is 18.2 Å². The quantitative estimate of drug-likeness (QED) is 0.807. The summed E-state index contributed by atoms with van der Waals surface area (Å²) in [5.41, 5.74) is -1.03. The van der Waals surface area contributed by atoms with E-state index in [1.807, 2.05) is 0 Å². The summed E-state index contributed by atoms with van der Waals surface area (Å²) in [6.07, 6.45) is -5.18. The number of carbonyl (C=O) groups is 2. The summed E-state index contributed by atoms with van der Waals surface area (Å²) < 4.78 is 57.8. The first-order chi connectivity index (χ1) is 11.7. The predicted octanol–water partition coefficient (Wildman–Crippen LogP) is 1.75. The second-order valence-corrected chi connectivity index (χ2v) is 5.38. The molecule has 1 aromatic rings. The highest BCUT2D eigenvalue weighted by Crippen LogP contribution is 2.26. The van der Waals surface area contributed by atoms with Crippen LogP contribution in [0.1, 0.15) is 10.4 Å². The van der Waals surface area contributed by atoms with Crippen LogP contribution in [0.15, 0.2) is 18.2 Å². The van der Waals surface area contributed by atoms with Gasteiger partial charge in [-0.2, -0.15) is 13.2 Å². The SMILES string of the molecule is O=C(O)c1ccc(N(CCN2CCOCC2)C(=O)C(F)(F)F)c(F)c1. The van der Waals surface area contributed by atoms with Gasteiger partial charge in [0.15, 0.2) is 0 Å². The molecule has 1 fully saturated rings. The van der Waals surface area contributed by atoms with E-state index in [9.17, 15) is 27.2 Å². The summed E-state index contributed by atoms with van der Waals surface area (Å²) in [6.45, 7) is 1.56. The highest BCUT2D eigenvalue weighted by molar-refractivity contribution is 5.98. The Balaban J connectivity index is 2.24. The van der Waals surface area contributed by atoms with Crippen LogP contribution in [-0.2, 0) is 9.53 Å². The standard InChI is InChI=1S/C15H16F4N2O4/c16-11-9-10(13(22)23)1-2-12(11)21(14(24)15(17,18)19)4-3-20-5-7-25-8-6-20/h1-2,9H,3-8H2,(H,22,23). The fraction of sp³-hybridized carbons (Fsp3) is 0.467. The van der Waals surface area contributed by atoms with Crippen LogP contribution in [0, 0.1) is 5.82 Å². The van der Waals surface area contributed by atoms with Crippen molar-refractivity contribution < 1.29 is 37.0 Å². The number of ether oxygens (including phenoxy) is 1. The van der Waals surface area contributed by atoms with E-state index in [-0.39, 0.29) is 18.0 Å². The highest BCUT2D eigenvalue weighted by atomic mass is 19.4. The molecule has 25 heavy (non-hydrogen) atoms. The molecule has 1 amide bonds. The first-order valence-corrected chi connectivity index (χ1v) is 7.42. The van der Waals surface area contributed by atoms with Crippen molar-refractivity contribution in [2.75, 3.05) is 44.3 Å². The molecule has 0 aliphatic carbocycles. The number of morpholine rings is 1. The molecule has 10 heteroatoms. The Hall–Kier alpha value is -2.20. The zero-order valence-electron chi connectivity index (χ0n) is 13.1. The number of rotatable bonds is 5. The van der Waals surface area contributed by atoms with Crippen LogP contribution in [0.4, 0.5) is 23.2 Å². The van der Waals surface area contributed by atoms with E-state index < -0.39 is 35.1 Å². The highest BCUT2D eigenvalue weighted by Gasteiger charge is 2.43. The molecule has 0 spiro atoms. The maximum absolute atomic E-state index is 14.1. The minimum absolute atomic E-state index is 0.102. The Morgan fingerprint density at radius 3 is 2.40 bits per heavy atom. The average Bonchev–Trinajstić information content (AvgIpc) is 2.56. The summed E-state index contributed by atoms with van der Waals surface area (Å²) in [6, 6.07) is 2.40. The minimum atomic E-state index is -5.18. The lowest BCUT2D eigenvalue weighted by Crippen LogP contribution is -2.47. The number of carboxylic acid groups (broad SMARTS) is 1. The van der Waals surface area contributed by atoms with Gasteiger partial charge in [0.2, 0.25) is 0 Å². The maximum atomic E-state index is 14.1. The minimum Gasteiger partial charge on any atom is -0.478 e. The van der Waals surface area contributed by atoms with E-state index in [2.05, 4.69) is 0 Å². The molecular formula is C15H16F4N2O4. The van der Waals surface area contributed by atoms with Gasteiger partial charge >= 0.3 is 18.1 Å². The normalized spacial score (nSPS) is 15.8. The molecule has 0 unspecified atom stereocenters. The summed E-state index contributed by atoms with van der Waals surface area (Å²) in [7, 11) is 0. The van der Waals surface area contributed by atoms with Gasteiger partial charge in [0.1, 0.15) is 5.82 Å². The van der Waals surface area contributed by atoms with Crippen LogP contribution in [0.5, 0.6) is 0 Å². The van der Waals surface area contributed by atoms with E-state index in [0.717, 1.165) is 12.1 Å². The summed E-state index contributed by atoms with van der Waals surface area (Å²) in [5.74, 6) is -4.84. The predicted molar refractivity (Wildman–Crippen MR) is 79.0 cm³/mol. The lowest BCUT2D eigenvalue weighted by Gasteiger charge is -2.30. The average molecular weight is 364 g/mol. The Labute approximate surface area is 140 Å². The Kier molecular flexibility index (Phi) is 5.96. The number of nitrogens with zero attached hydrogens (tertiary/aromatic N) is 2. The van der Waals surface area contributed by atoms with Crippen LogP contribution in [0.2, 0.25) is 0 Å². The number of alkyl halides is 3. The number of halogens is 4. The van der Waals surface area contributed by atoms with Gasteiger partial charge in [0.05, 0.1) is 24.5 Å². The number of anilines is 1. The van der Waals surface area contributed by atoms with Gasteiger partial charge in [0, 0.05) is 26.2 Å². The third-order valence-corrected chi connectivity index (χ3v) is 3.72. The van der Waals surface area contributed by atoms with E-state index in [1.54, 1.807) is 4.90 Å². The molecule has 0 bridgehead atoms. The fourth-order valence-corrected chi connectivity index (χ4v) is 2.41. The molecular weight excluding hydrogens is 348 g/mol. The van der Waals surface area contributed by atoms with E-state index >= 15 is 0 Å². The van der Waals surface area contributed by atoms with E-state index in [1.165, 1.54) is 0 Å². The van der Waals surface area contributed by atoms with Crippen LogP contribution in [0.3, 0.4) is 0 Å². The first-order valence-electron chi connectivity index (χ1n) is 7.42. The molecule has 2 rings (SSSR count). The molecule has 138 valence electrons. The first kappa shape index (κ1) is 19.1. The van der Waals surface area contributed by atoms with Gasteiger partial charge in [-0.3, -0.25) is 9.69 Å². The third kappa shape index (κ3) is 4.89. The van der Waals surface area contributed by atoms with Crippen molar-refractivity contribution in [1.29, 1.82) is 0 Å².